The van der Waals surface area contributed by atoms with Crippen molar-refractivity contribution in [3.8, 4) is 12.3 Å². The number of hydrogen-bond donors (Lipinski definition) is 1. The monoisotopic (exact) mass is 235 g/mol. The quantitative estimate of drug-likeness (QED) is 0.649. The van der Waals surface area contributed by atoms with Crippen LogP contribution in [-0.2, 0) is 4.57 Å². The van der Waals surface area contributed by atoms with E-state index in [0.29, 0.717) is 6.54 Å². The van der Waals surface area contributed by atoms with Gasteiger partial charge in [0.15, 0.2) is 8.46 Å². The minimum Gasteiger partial charge on any atom is -0.369 e. The van der Waals surface area contributed by atoms with Gasteiger partial charge in [0.2, 0.25) is 11.0 Å². The van der Waals surface area contributed by atoms with Gasteiger partial charge in [-0.3, -0.25) is 4.57 Å². The predicted octanol–water partition coefficient (Wildman–Crippen LogP) is 1.68. The van der Waals surface area contributed by atoms with Gasteiger partial charge < -0.3 is 5.32 Å². The Morgan fingerprint density at radius 3 is 3.20 bits per heavy atom. The highest BCUT2D eigenvalue weighted by Gasteiger charge is 2.13. The van der Waals surface area contributed by atoms with E-state index in [4.69, 9.17) is 6.42 Å². The number of anilines is 1. The molecule has 0 aliphatic heterocycles. The molecule has 2 N–H and O–H groups in total. The van der Waals surface area contributed by atoms with E-state index in [9.17, 15) is 4.57 Å². The first kappa shape index (κ1) is 10.1. The summed E-state index contributed by atoms with van der Waals surface area (Å²) in [5.41, 5.74) is 3.76. The van der Waals surface area contributed by atoms with Crippen molar-refractivity contribution in [3.05, 3.63) is 17.6 Å². The van der Waals surface area contributed by atoms with Crippen molar-refractivity contribution < 1.29 is 9.55 Å². The van der Waals surface area contributed by atoms with E-state index < -0.39 is 0 Å². The number of hydrogen-bond acceptors (Lipinski definition) is 3. The summed E-state index contributed by atoms with van der Waals surface area (Å²) in [5.74, 6) is 2.52. The number of H-pyrrole nitrogens is 1. The van der Waals surface area contributed by atoms with Crippen LogP contribution in [0.15, 0.2) is 17.6 Å². The maximum absolute atomic E-state index is 10.9. The number of benzene rings is 1. The van der Waals surface area contributed by atoms with E-state index in [1.54, 1.807) is 0 Å². The molecule has 0 fully saturated rings. The molecule has 0 saturated carbocycles. The molecule has 1 heterocycles. The number of aromatic amines is 1. The Labute approximate surface area is 92.7 Å². The SMILES string of the molecule is C#CCNc1ccc(P=O)c2sc[nH+]c12. The van der Waals surface area contributed by atoms with E-state index >= 15 is 0 Å². The van der Waals surface area contributed by atoms with Gasteiger partial charge in [-0.05, 0) is 12.1 Å². The Balaban J connectivity index is 2.54. The standard InChI is InChI=1S/C10H7N2OPS/c1-2-5-11-7-3-4-8(14-13)10-9(7)12-6-15-10/h1,3-4,6,11H,5H2/p+1. The Bertz CT molecular complexity index is 544. The second-order valence-corrected chi connectivity index (χ2v) is 4.41. The number of thiazole rings is 1. The minimum atomic E-state index is 0.0398. The van der Waals surface area contributed by atoms with E-state index in [2.05, 4.69) is 16.2 Å². The third-order valence-corrected chi connectivity index (χ3v) is 3.61. The summed E-state index contributed by atoms with van der Waals surface area (Å²) >= 11 is 1.53. The second kappa shape index (κ2) is 4.39. The molecule has 1 aromatic heterocycles. The molecule has 0 aliphatic rings. The van der Waals surface area contributed by atoms with E-state index in [1.807, 2.05) is 17.6 Å². The van der Waals surface area contributed by atoms with Gasteiger partial charge in [0.05, 0.1) is 11.8 Å². The van der Waals surface area contributed by atoms with E-state index in [1.165, 1.54) is 11.3 Å². The second-order valence-electron chi connectivity index (χ2n) is 2.87. The molecule has 74 valence electrons. The normalized spacial score (nSPS) is 10.3. The first-order valence-corrected chi connectivity index (χ1v) is 5.98. The van der Waals surface area contributed by atoms with Crippen LogP contribution in [0.3, 0.4) is 0 Å². The van der Waals surface area contributed by atoms with Crippen LogP contribution in [0.25, 0.3) is 10.2 Å². The molecular formula is C10H8N2OPS+. The maximum Gasteiger partial charge on any atom is 0.246 e. The van der Waals surface area contributed by atoms with Gasteiger partial charge in [-0.1, -0.05) is 17.3 Å². The molecule has 0 radical (unpaired) electrons. The summed E-state index contributed by atoms with van der Waals surface area (Å²) in [6.07, 6.45) is 5.18. The van der Waals surface area contributed by atoms with Crippen molar-refractivity contribution in [2.24, 2.45) is 0 Å². The van der Waals surface area contributed by atoms with E-state index in [-0.39, 0.29) is 8.46 Å². The molecule has 1 aromatic carbocycles. The van der Waals surface area contributed by atoms with Crippen LogP contribution in [-0.4, -0.2) is 6.54 Å². The Morgan fingerprint density at radius 1 is 1.60 bits per heavy atom. The molecule has 0 saturated heterocycles. The zero-order chi connectivity index (χ0) is 10.7. The maximum atomic E-state index is 10.9. The van der Waals surface area contributed by atoms with Crippen LogP contribution in [0.5, 0.6) is 0 Å². The average Bonchev–Trinajstić information content (AvgIpc) is 2.74. The van der Waals surface area contributed by atoms with Gasteiger partial charge in [-0.2, -0.15) is 4.98 Å². The largest absolute Gasteiger partial charge is 0.369 e. The molecular weight excluding hydrogens is 227 g/mol. The number of terminal acetylenes is 1. The fraction of sp³-hybridized carbons (Fsp3) is 0.100. The number of rotatable bonds is 3. The smallest absolute Gasteiger partial charge is 0.246 e. The highest BCUT2D eigenvalue weighted by molar-refractivity contribution is 7.37. The number of nitrogens with one attached hydrogen (secondary N) is 2. The van der Waals surface area contributed by atoms with Gasteiger partial charge in [-0.25, -0.2) is 0 Å². The highest BCUT2D eigenvalue weighted by atomic mass is 32.1. The molecule has 0 amide bonds. The van der Waals surface area contributed by atoms with Gasteiger partial charge in [0.25, 0.3) is 0 Å². The van der Waals surface area contributed by atoms with Crippen molar-refractivity contribution in [1.29, 1.82) is 0 Å². The molecule has 2 aromatic rings. The Kier molecular flexibility index (Phi) is 2.96. The summed E-state index contributed by atoms with van der Waals surface area (Å²) < 4.78 is 11.9. The summed E-state index contributed by atoms with van der Waals surface area (Å²) in [5, 5.41) is 3.90. The first-order chi connectivity index (χ1) is 7.36. The van der Waals surface area contributed by atoms with Crippen molar-refractivity contribution in [2.45, 2.75) is 0 Å². The Hall–Kier alpha value is -1.43. The molecule has 15 heavy (non-hydrogen) atoms. The summed E-state index contributed by atoms with van der Waals surface area (Å²) in [6.45, 7) is 0.479. The molecule has 0 atom stereocenters. The average molecular weight is 235 g/mol. The molecule has 0 spiro atoms. The third kappa shape index (κ3) is 1.85. The van der Waals surface area contributed by atoms with Crippen LogP contribution in [0.2, 0.25) is 0 Å². The minimum absolute atomic E-state index is 0.0398. The van der Waals surface area contributed by atoms with E-state index in [0.717, 1.165) is 21.2 Å². The van der Waals surface area contributed by atoms with Crippen molar-refractivity contribution >= 4 is 41.0 Å². The fourth-order valence-electron chi connectivity index (χ4n) is 1.35. The van der Waals surface area contributed by atoms with Gasteiger partial charge >= 0.3 is 0 Å². The first-order valence-electron chi connectivity index (χ1n) is 4.29. The molecule has 2 rings (SSSR count). The molecule has 0 bridgehead atoms. The van der Waals surface area contributed by atoms with Gasteiger partial charge in [-0.15, -0.1) is 6.42 Å². The lowest BCUT2D eigenvalue weighted by molar-refractivity contribution is -0.337. The van der Waals surface area contributed by atoms with Crippen LogP contribution < -0.4 is 15.6 Å². The van der Waals surface area contributed by atoms with Crippen LogP contribution in [0.1, 0.15) is 0 Å². The zero-order valence-electron chi connectivity index (χ0n) is 7.78. The molecule has 5 heteroatoms. The highest BCUT2D eigenvalue weighted by Crippen LogP contribution is 2.23. The van der Waals surface area contributed by atoms with Crippen LogP contribution in [0, 0.1) is 12.3 Å². The lowest BCUT2D eigenvalue weighted by Gasteiger charge is -2.00. The topological polar surface area (TPSA) is 43.2 Å². The van der Waals surface area contributed by atoms with Crippen LogP contribution >= 0.6 is 19.8 Å². The summed E-state index contributed by atoms with van der Waals surface area (Å²) in [7, 11) is 0.0398. The molecule has 3 nitrogen and oxygen atoms in total. The summed E-state index contributed by atoms with van der Waals surface area (Å²) in [4.78, 5) is 3.12. The van der Waals surface area contributed by atoms with Crippen molar-refractivity contribution in [2.75, 3.05) is 11.9 Å². The lowest BCUT2D eigenvalue weighted by Crippen LogP contribution is -2.06. The lowest BCUT2D eigenvalue weighted by atomic mass is 10.3. The van der Waals surface area contributed by atoms with Crippen molar-refractivity contribution in [1.82, 2.24) is 0 Å². The van der Waals surface area contributed by atoms with Gasteiger partial charge in [0, 0.05) is 0 Å². The number of aromatic nitrogens is 1. The fourth-order valence-corrected chi connectivity index (χ4v) is 2.72. The molecule has 0 aliphatic carbocycles. The Morgan fingerprint density at radius 2 is 2.47 bits per heavy atom. The predicted molar refractivity (Wildman–Crippen MR) is 62.9 cm³/mol. The molecule has 0 unspecified atom stereocenters. The third-order valence-electron chi connectivity index (χ3n) is 2.00. The van der Waals surface area contributed by atoms with Crippen LogP contribution in [0.4, 0.5) is 5.69 Å². The van der Waals surface area contributed by atoms with Crippen molar-refractivity contribution in [3.63, 3.8) is 0 Å². The zero-order valence-corrected chi connectivity index (χ0v) is 9.49. The van der Waals surface area contributed by atoms with Gasteiger partial charge in [0.1, 0.15) is 10.4 Å². The number of fused-ring (bicyclic) bond motifs is 1. The summed E-state index contributed by atoms with van der Waals surface area (Å²) in [6, 6.07) is 3.71.